The van der Waals surface area contributed by atoms with Crippen molar-refractivity contribution in [3.05, 3.63) is 0 Å². The van der Waals surface area contributed by atoms with Crippen LogP contribution in [-0.2, 0) is 0 Å². The van der Waals surface area contributed by atoms with Crippen molar-refractivity contribution in [2.24, 2.45) is 17.6 Å². The van der Waals surface area contributed by atoms with Crippen LogP contribution in [0.5, 0.6) is 0 Å². The van der Waals surface area contributed by atoms with Gasteiger partial charge in [-0.1, -0.05) is 6.92 Å². The molecule has 2 unspecified atom stereocenters. The van der Waals surface area contributed by atoms with Crippen LogP contribution in [0, 0.1) is 11.8 Å². The molecule has 0 radical (unpaired) electrons. The molecule has 0 heterocycles. The van der Waals surface area contributed by atoms with E-state index >= 15 is 0 Å². The summed E-state index contributed by atoms with van der Waals surface area (Å²) in [4.78, 5) is 2.67. The first kappa shape index (κ1) is 11.4. The van der Waals surface area contributed by atoms with Gasteiger partial charge < -0.3 is 5.73 Å². The first-order valence-corrected chi connectivity index (χ1v) is 6.70. The highest BCUT2D eigenvalue weighted by atomic mass is 15.2. The van der Waals surface area contributed by atoms with Gasteiger partial charge in [0.1, 0.15) is 0 Å². The smallest absolute Gasteiger partial charge is 0.0219 e. The standard InChI is InChI=1S/C13H26N2/c1-3-13(14)10(2)15(8-11-4-5-11)9-12-6-7-12/h10-13H,3-9,14H2,1-2H3. The number of hydrogen-bond donors (Lipinski definition) is 1. The zero-order valence-corrected chi connectivity index (χ0v) is 10.3. The van der Waals surface area contributed by atoms with Crippen LogP contribution in [0.2, 0.25) is 0 Å². The molecule has 2 N–H and O–H groups in total. The van der Waals surface area contributed by atoms with Crippen molar-refractivity contribution in [2.75, 3.05) is 13.1 Å². The average molecular weight is 210 g/mol. The van der Waals surface area contributed by atoms with Gasteiger partial charge in [-0.15, -0.1) is 0 Å². The summed E-state index contributed by atoms with van der Waals surface area (Å²) in [5.41, 5.74) is 6.17. The first-order chi connectivity index (χ1) is 7.20. The van der Waals surface area contributed by atoms with Crippen LogP contribution in [0.3, 0.4) is 0 Å². The van der Waals surface area contributed by atoms with Crippen LogP contribution in [0.15, 0.2) is 0 Å². The average Bonchev–Trinajstić information content (AvgIpc) is 3.08. The maximum absolute atomic E-state index is 6.17. The van der Waals surface area contributed by atoms with Crippen molar-refractivity contribution < 1.29 is 0 Å². The summed E-state index contributed by atoms with van der Waals surface area (Å²) in [6, 6.07) is 0.943. The Balaban J connectivity index is 1.82. The second-order valence-electron chi connectivity index (χ2n) is 5.65. The van der Waals surface area contributed by atoms with E-state index in [0.29, 0.717) is 12.1 Å². The molecule has 0 aliphatic heterocycles. The third-order valence-corrected chi connectivity index (χ3v) is 4.05. The molecule has 2 aliphatic rings. The maximum Gasteiger partial charge on any atom is 0.0219 e. The zero-order chi connectivity index (χ0) is 10.8. The van der Waals surface area contributed by atoms with Gasteiger partial charge in [0.15, 0.2) is 0 Å². The van der Waals surface area contributed by atoms with E-state index in [1.165, 1.54) is 38.8 Å². The normalized spacial score (nSPS) is 25.6. The van der Waals surface area contributed by atoms with Crippen molar-refractivity contribution in [1.29, 1.82) is 0 Å². The molecule has 2 aliphatic carbocycles. The van der Waals surface area contributed by atoms with Crippen molar-refractivity contribution in [3.63, 3.8) is 0 Å². The molecule has 0 amide bonds. The number of nitrogens with two attached hydrogens (primary N) is 1. The fourth-order valence-electron chi connectivity index (χ4n) is 2.28. The van der Waals surface area contributed by atoms with E-state index in [1.807, 2.05) is 0 Å². The lowest BCUT2D eigenvalue weighted by Crippen LogP contribution is -2.47. The van der Waals surface area contributed by atoms with Gasteiger partial charge in [-0.25, -0.2) is 0 Å². The predicted molar refractivity (Wildman–Crippen MR) is 64.7 cm³/mol. The summed E-state index contributed by atoms with van der Waals surface area (Å²) < 4.78 is 0. The van der Waals surface area contributed by atoms with Crippen LogP contribution in [0.25, 0.3) is 0 Å². The molecule has 88 valence electrons. The molecule has 0 aromatic carbocycles. The van der Waals surface area contributed by atoms with Gasteiger partial charge in [-0.3, -0.25) is 4.90 Å². The monoisotopic (exact) mass is 210 g/mol. The van der Waals surface area contributed by atoms with E-state index in [1.54, 1.807) is 0 Å². The topological polar surface area (TPSA) is 29.3 Å². The molecule has 2 saturated carbocycles. The first-order valence-electron chi connectivity index (χ1n) is 6.70. The Labute approximate surface area is 94.2 Å². The SMILES string of the molecule is CCC(N)C(C)N(CC1CC1)CC1CC1. The molecule has 0 spiro atoms. The quantitative estimate of drug-likeness (QED) is 0.698. The highest BCUT2D eigenvalue weighted by Crippen LogP contribution is 2.34. The van der Waals surface area contributed by atoms with Crippen LogP contribution >= 0.6 is 0 Å². The number of hydrogen-bond acceptors (Lipinski definition) is 2. The predicted octanol–water partition coefficient (Wildman–Crippen LogP) is 2.23. The molecule has 2 rings (SSSR count). The van der Waals surface area contributed by atoms with Gasteiger partial charge >= 0.3 is 0 Å². The molecule has 2 atom stereocenters. The molecule has 0 bridgehead atoms. The van der Waals surface area contributed by atoms with Crippen LogP contribution in [0.1, 0.15) is 46.0 Å². The highest BCUT2D eigenvalue weighted by molar-refractivity contribution is 4.87. The van der Waals surface area contributed by atoms with E-state index in [-0.39, 0.29) is 0 Å². The molecule has 0 saturated heterocycles. The van der Waals surface area contributed by atoms with Crippen molar-refractivity contribution in [1.82, 2.24) is 4.90 Å². The number of rotatable bonds is 7. The summed E-state index contributed by atoms with van der Waals surface area (Å²) in [5.74, 6) is 1.99. The zero-order valence-electron chi connectivity index (χ0n) is 10.3. The van der Waals surface area contributed by atoms with Crippen molar-refractivity contribution >= 4 is 0 Å². The summed E-state index contributed by atoms with van der Waals surface area (Å²) >= 11 is 0. The molecule has 0 aromatic rings. The Morgan fingerprint density at radius 3 is 1.93 bits per heavy atom. The molecular formula is C13H26N2. The lowest BCUT2D eigenvalue weighted by Gasteiger charge is -2.33. The summed E-state index contributed by atoms with van der Waals surface area (Å²) in [5, 5.41) is 0. The van der Waals surface area contributed by atoms with E-state index in [4.69, 9.17) is 5.73 Å². The second-order valence-corrected chi connectivity index (χ2v) is 5.65. The summed E-state index contributed by atoms with van der Waals surface area (Å²) in [6.07, 6.45) is 6.92. The summed E-state index contributed by atoms with van der Waals surface area (Å²) in [6.45, 7) is 7.14. The molecule has 0 aromatic heterocycles. The van der Waals surface area contributed by atoms with E-state index < -0.39 is 0 Å². The van der Waals surface area contributed by atoms with Gasteiger partial charge in [0.2, 0.25) is 0 Å². The van der Waals surface area contributed by atoms with Crippen molar-refractivity contribution in [2.45, 2.75) is 58.0 Å². The fourth-order valence-corrected chi connectivity index (χ4v) is 2.28. The second kappa shape index (κ2) is 4.84. The molecule has 2 fully saturated rings. The third kappa shape index (κ3) is 3.46. The molecule has 15 heavy (non-hydrogen) atoms. The van der Waals surface area contributed by atoms with Gasteiger partial charge in [0, 0.05) is 25.2 Å². The van der Waals surface area contributed by atoms with E-state index in [0.717, 1.165) is 18.3 Å². The maximum atomic E-state index is 6.17. The Morgan fingerprint density at radius 2 is 1.60 bits per heavy atom. The minimum atomic E-state index is 0.363. The lowest BCUT2D eigenvalue weighted by molar-refractivity contribution is 0.167. The largest absolute Gasteiger partial charge is 0.326 e. The minimum Gasteiger partial charge on any atom is -0.326 e. The van der Waals surface area contributed by atoms with Crippen LogP contribution in [0.4, 0.5) is 0 Å². The third-order valence-electron chi connectivity index (χ3n) is 4.05. The van der Waals surface area contributed by atoms with E-state index in [2.05, 4.69) is 18.7 Å². The van der Waals surface area contributed by atoms with Crippen molar-refractivity contribution in [3.8, 4) is 0 Å². The molecule has 2 nitrogen and oxygen atoms in total. The lowest BCUT2D eigenvalue weighted by atomic mass is 10.1. The van der Waals surface area contributed by atoms with Crippen LogP contribution < -0.4 is 5.73 Å². The fraction of sp³-hybridized carbons (Fsp3) is 1.00. The Hall–Kier alpha value is -0.0800. The molecular weight excluding hydrogens is 184 g/mol. The number of nitrogens with zero attached hydrogens (tertiary/aromatic N) is 1. The molecule has 2 heteroatoms. The van der Waals surface area contributed by atoms with Gasteiger partial charge in [0.25, 0.3) is 0 Å². The van der Waals surface area contributed by atoms with Crippen LogP contribution in [-0.4, -0.2) is 30.1 Å². The Bertz CT molecular complexity index is 183. The highest BCUT2D eigenvalue weighted by Gasteiger charge is 2.32. The Kier molecular flexibility index (Phi) is 3.68. The summed E-state index contributed by atoms with van der Waals surface area (Å²) in [7, 11) is 0. The van der Waals surface area contributed by atoms with E-state index in [9.17, 15) is 0 Å². The minimum absolute atomic E-state index is 0.363. The van der Waals surface area contributed by atoms with Gasteiger partial charge in [-0.2, -0.15) is 0 Å². The Morgan fingerprint density at radius 1 is 1.13 bits per heavy atom. The van der Waals surface area contributed by atoms with Gasteiger partial charge in [-0.05, 0) is 50.9 Å². The van der Waals surface area contributed by atoms with Gasteiger partial charge in [0.05, 0.1) is 0 Å².